The Kier molecular flexibility index (Phi) is 4.70. The monoisotopic (exact) mass is 372 g/mol. The van der Waals surface area contributed by atoms with Crippen molar-refractivity contribution in [2.75, 3.05) is 0 Å². The van der Waals surface area contributed by atoms with E-state index in [4.69, 9.17) is 11.6 Å². The quantitative estimate of drug-likeness (QED) is 0.406. The molecule has 1 heteroatoms. The summed E-state index contributed by atoms with van der Waals surface area (Å²) in [6.07, 6.45) is 4.43. The van der Waals surface area contributed by atoms with Crippen LogP contribution < -0.4 is 0 Å². The Morgan fingerprint density at radius 3 is 2.30 bits per heavy atom. The number of hydrogen-bond donors (Lipinski definition) is 0. The third-order valence-electron chi connectivity index (χ3n) is 6.12. The van der Waals surface area contributed by atoms with Gasteiger partial charge in [-0.05, 0) is 71.3 Å². The minimum absolute atomic E-state index is 0.0377. The molecular weight excluding hydrogens is 348 g/mol. The highest BCUT2D eigenvalue weighted by Crippen LogP contribution is 2.55. The van der Waals surface area contributed by atoms with E-state index in [1.54, 1.807) is 0 Å². The lowest BCUT2D eigenvalue weighted by atomic mass is 9.69. The molecule has 0 aromatic heterocycles. The summed E-state index contributed by atoms with van der Waals surface area (Å²) in [5.41, 5.74) is 9.48. The van der Waals surface area contributed by atoms with Gasteiger partial charge in [0.05, 0.1) is 0 Å². The van der Waals surface area contributed by atoms with Gasteiger partial charge in [0.15, 0.2) is 0 Å². The molecule has 3 aromatic rings. The zero-order chi connectivity index (χ0) is 19.0. The average Bonchev–Trinajstić information content (AvgIpc) is 2.99. The molecule has 0 amide bonds. The molecule has 0 radical (unpaired) electrons. The molecule has 1 aliphatic rings. The van der Waals surface area contributed by atoms with Crippen LogP contribution in [-0.4, -0.2) is 0 Å². The van der Waals surface area contributed by atoms with Crippen LogP contribution in [0.4, 0.5) is 0 Å². The highest BCUT2D eigenvalue weighted by atomic mass is 35.5. The van der Waals surface area contributed by atoms with Crippen molar-refractivity contribution in [1.82, 2.24) is 0 Å². The predicted molar refractivity (Wildman–Crippen MR) is 117 cm³/mol. The molecule has 4 rings (SSSR count). The van der Waals surface area contributed by atoms with Gasteiger partial charge in [0, 0.05) is 10.4 Å². The van der Waals surface area contributed by atoms with E-state index >= 15 is 0 Å². The second kappa shape index (κ2) is 7.02. The minimum atomic E-state index is -0.0377. The third kappa shape index (κ3) is 2.66. The highest BCUT2D eigenvalue weighted by Gasteiger charge is 2.43. The van der Waals surface area contributed by atoms with Gasteiger partial charge in [-0.15, -0.1) is 0 Å². The Morgan fingerprint density at radius 2 is 1.59 bits per heavy atom. The lowest BCUT2D eigenvalue weighted by molar-refractivity contribution is 0.575. The molecule has 1 unspecified atom stereocenters. The topological polar surface area (TPSA) is 0 Å². The summed E-state index contributed by atoms with van der Waals surface area (Å²) in [5.74, 6) is 0. The Morgan fingerprint density at radius 1 is 0.852 bits per heavy atom. The summed E-state index contributed by atoms with van der Waals surface area (Å²) in [4.78, 5) is 0. The van der Waals surface area contributed by atoms with Crippen LogP contribution >= 0.6 is 11.6 Å². The maximum Gasteiger partial charge on any atom is 0.0420 e. The summed E-state index contributed by atoms with van der Waals surface area (Å²) in [7, 11) is 0. The first-order valence-electron chi connectivity index (χ1n) is 9.81. The summed E-state index contributed by atoms with van der Waals surface area (Å²) in [6.45, 7) is 6.77. The fourth-order valence-electron chi connectivity index (χ4n) is 4.92. The van der Waals surface area contributed by atoms with Gasteiger partial charge in [0.2, 0.25) is 0 Å². The zero-order valence-corrected chi connectivity index (χ0v) is 17.0. The Hall–Kier alpha value is -2.31. The molecule has 0 bridgehead atoms. The van der Waals surface area contributed by atoms with Gasteiger partial charge >= 0.3 is 0 Å². The Labute approximate surface area is 167 Å². The van der Waals surface area contributed by atoms with Crippen molar-refractivity contribution in [3.05, 3.63) is 94.5 Å². The van der Waals surface area contributed by atoms with Gasteiger partial charge in [-0.1, -0.05) is 85.6 Å². The molecule has 0 saturated carbocycles. The maximum atomic E-state index is 6.25. The van der Waals surface area contributed by atoms with Crippen molar-refractivity contribution in [3.8, 4) is 22.3 Å². The number of rotatable bonds is 4. The van der Waals surface area contributed by atoms with Gasteiger partial charge in [0.1, 0.15) is 0 Å². The van der Waals surface area contributed by atoms with Crippen LogP contribution in [-0.2, 0) is 5.41 Å². The highest BCUT2D eigenvalue weighted by molar-refractivity contribution is 6.30. The molecular formula is C26H25Cl. The van der Waals surface area contributed by atoms with E-state index in [0.717, 1.165) is 17.9 Å². The Bertz CT molecular complexity index is 1030. The van der Waals surface area contributed by atoms with E-state index in [2.05, 4.69) is 81.4 Å². The number of halogens is 1. The van der Waals surface area contributed by atoms with Gasteiger partial charge in [-0.2, -0.15) is 0 Å². The third-order valence-corrected chi connectivity index (χ3v) is 6.36. The van der Waals surface area contributed by atoms with E-state index < -0.39 is 0 Å². The second-order valence-electron chi connectivity index (χ2n) is 7.24. The molecule has 0 saturated heterocycles. The predicted octanol–water partition coefficient (Wildman–Crippen LogP) is 8.04. The van der Waals surface area contributed by atoms with Gasteiger partial charge in [0.25, 0.3) is 0 Å². The van der Waals surface area contributed by atoms with E-state index in [0.29, 0.717) is 0 Å². The lowest BCUT2D eigenvalue weighted by Gasteiger charge is -2.34. The van der Waals surface area contributed by atoms with E-state index in [1.807, 2.05) is 12.1 Å². The Balaban J connectivity index is 2.02. The van der Waals surface area contributed by atoms with Crippen molar-refractivity contribution in [2.24, 2.45) is 0 Å². The molecule has 27 heavy (non-hydrogen) atoms. The van der Waals surface area contributed by atoms with E-state index in [9.17, 15) is 0 Å². The number of hydrogen-bond acceptors (Lipinski definition) is 0. The van der Waals surface area contributed by atoms with Crippen LogP contribution in [0.3, 0.4) is 0 Å². The number of benzene rings is 3. The number of fused-ring (bicyclic) bond motifs is 3. The maximum absolute atomic E-state index is 6.25. The van der Waals surface area contributed by atoms with Crippen molar-refractivity contribution in [3.63, 3.8) is 0 Å². The molecule has 0 heterocycles. The molecule has 0 nitrogen and oxygen atoms in total. The second-order valence-corrected chi connectivity index (χ2v) is 7.68. The van der Waals surface area contributed by atoms with E-state index in [1.165, 1.54) is 39.0 Å². The molecule has 0 fully saturated rings. The average molecular weight is 373 g/mol. The summed E-state index contributed by atoms with van der Waals surface area (Å²) >= 11 is 6.25. The summed E-state index contributed by atoms with van der Waals surface area (Å²) in [6, 6.07) is 24.0. The molecule has 1 aliphatic carbocycles. The lowest BCUT2D eigenvalue weighted by Crippen LogP contribution is -2.27. The summed E-state index contributed by atoms with van der Waals surface area (Å²) < 4.78 is 0. The fourth-order valence-corrected chi connectivity index (χ4v) is 5.11. The van der Waals surface area contributed by atoms with Gasteiger partial charge in [-0.25, -0.2) is 0 Å². The van der Waals surface area contributed by atoms with Crippen LogP contribution in [0.5, 0.6) is 0 Å². The molecule has 3 aromatic carbocycles. The van der Waals surface area contributed by atoms with Crippen LogP contribution in [0.25, 0.3) is 22.3 Å². The first kappa shape index (κ1) is 18.1. The first-order chi connectivity index (χ1) is 13.2. The van der Waals surface area contributed by atoms with E-state index in [-0.39, 0.29) is 5.41 Å². The van der Waals surface area contributed by atoms with Crippen molar-refractivity contribution in [1.29, 1.82) is 0 Å². The molecule has 136 valence electrons. The largest absolute Gasteiger partial charge is 0.0872 e. The molecule has 0 aliphatic heterocycles. The van der Waals surface area contributed by atoms with Crippen LogP contribution in [0, 0.1) is 0 Å². The van der Waals surface area contributed by atoms with Crippen LogP contribution in [0.2, 0.25) is 5.02 Å². The van der Waals surface area contributed by atoms with Gasteiger partial charge < -0.3 is 0 Å². The van der Waals surface area contributed by atoms with Crippen LogP contribution in [0.15, 0.2) is 78.4 Å². The van der Waals surface area contributed by atoms with Crippen molar-refractivity contribution >= 4 is 11.6 Å². The smallest absolute Gasteiger partial charge is 0.0420 e. The van der Waals surface area contributed by atoms with Gasteiger partial charge in [-0.3, -0.25) is 0 Å². The van der Waals surface area contributed by atoms with Crippen molar-refractivity contribution in [2.45, 2.75) is 39.0 Å². The molecule has 0 spiro atoms. The standard InChI is InChI=1S/C26H25Cl/c1-4-20(5-2)26(6-3)24-13-8-7-12-22(24)23-15-14-19(17-25(23)26)18-10-9-11-21(27)16-18/h4,7-17H,5-6H2,1-3H3/b20-4+. The summed E-state index contributed by atoms with van der Waals surface area (Å²) in [5, 5.41) is 0.778. The zero-order valence-electron chi connectivity index (χ0n) is 16.2. The number of allylic oxidation sites excluding steroid dienone is 2. The molecule has 0 N–H and O–H groups in total. The van der Waals surface area contributed by atoms with Crippen molar-refractivity contribution < 1.29 is 0 Å². The minimum Gasteiger partial charge on any atom is -0.0872 e. The first-order valence-corrected chi connectivity index (χ1v) is 10.2. The SMILES string of the molecule is C/C=C(\CC)C1(CC)c2ccccc2-c2ccc(-c3cccc(Cl)c3)cc21. The molecule has 1 atom stereocenters. The fraction of sp³-hybridized carbons (Fsp3) is 0.231. The van der Waals surface area contributed by atoms with Crippen LogP contribution in [0.1, 0.15) is 44.7 Å². The normalized spacial score (nSPS) is 18.3.